The summed E-state index contributed by atoms with van der Waals surface area (Å²) in [6, 6.07) is 6.52. The van der Waals surface area contributed by atoms with Gasteiger partial charge in [-0.1, -0.05) is 6.07 Å². The topological polar surface area (TPSA) is 67.9 Å². The van der Waals surface area contributed by atoms with Crippen molar-refractivity contribution in [3.8, 4) is 5.75 Å². The fraction of sp³-hybridized carbons (Fsp3) is 0.385. The molecular formula is C13H18N2O4. The number of hydrogen-bond donors (Lipinski definition) is 1. The van der Waals surface area contributed by atoms with E-state index in [1.807, 2.05) is 0 Å². The van der Waals surface area contributed by atoms with Crippen LogP contribution in [0.1, 0.15) is 13.8 Å². The molecule has 19 heavy (non-hydrogen) atoms. The second-order valence-corrected chi connectivity index (χ2v) is 4.37. The second kappa shape index (κ2) is 6.63. The third kappa shape index (κ3) is 5.29. The highest BCUT2D eigenvalue weighted by Crippen LogP contribution is 2.18. The van der Waals surface area contributed by atoms with E-state index in [0.29, 0.717) is 11.4 Å². The van der Waals surface area contributed by atoms with E-state index < -0.39 is 12.2 Å². The monoisotopic (exact) mass is 266 g/mol. The lowest BCUT2D eigenvalue weighted by molar-refractivity contribution is 0.130. The third-order valence-electron chi connectivity index (χ3n) is 1.99. The van der Waals surface area contributed by atoms with Crippen LogP contribution in [-0.2, 0) is 4.74 Å². The number of amides is 2. The van der Waals surface area contributed by atoms with E-state index in [2.05, 4.69) is 5.32 Å². The highest BCUT2D eigenvalue weighted by atomic mass is 16.6. The predicted molar refractivity (Wildman–Crippen MR) is 71.4 cm³/mol. The molecule has 0 heterocycles. The Kier molecular flexibility index (Phi) is 5.17. The van der Waals surface area contributed by atoms with E-state index in [0.717, 1.165) is 0 Å². The minimum atomic E-state index is -0.550. The number of anilines is 1. The third-order valence-corrected chi connectivity index (χ3v) is 1.99. The van der Waals surface area contributed by atoms with Gasteiger partial charge in [0.1, 0.15) is 5.75 Å². The lowest BCUT2D eigenvalue weighted by atomic mass is 10.3. The molecule has 0 aliphatic heterocycles. The number of hydrogen-bond acceptors (Lipinski definition) is 4. The molecule has 0 aromatic heterocycles. The highest BCUT2D eigenvalue weighted by molar-refractivity contribution is 5.85. The van der Waals surface area contributed by atoms with Gasteiger partial charge in [-0.25, -0.2) is 9.59 Å². The summed E-state index contributed by atoms with van der Waals surface area (Å²) in [5.74, 6) is 0.348. The number of nitrogens with one attached hydrogen (secondary N) is 1. The first-order valence-electron chi connectivity index (χ1n) is 5.85. The number of nitrogens with zero attached hydrogens (tertiary/aromatic N) is 1. The SMILES string of the molecule is CC(C)OC(=O)Nc1cccc(OC(=O)N(C)C)c1. The number of carbonyl (C=O) groups is 2. The molecule has 104 valence electrons. The van der Waals surface area contributed by atoms with E-state index in [1.165, 1.54) is 4.90 Å². The quantitative estimate of drug-likeness (QED) is 0.913. The van der Waals surface area contributed by atoms with Gasteiger partial charge in [0.25, 0.3) is 0 Å². The molecule has 0 fully saturated rings. The molecular weight excluding hydrogens is 248 g/mol. The summed E-state index contributed by atoms with van der Waals surface area (Å²) >= 11 is 0. The van der Waals surface area contributed by atoms with Crippen LogP contribution in [0, 0.1) is 0 Å². The molecule has 0 atom stereocenters. The highest BCUT2D eigenvalue weighted by Gasteiger charge is 2.09. The maximum Gasteiger partial charge on any atom is 0.414 e. The van der Waals surface area contributed by atoms with Crippen LogP contribution < -0.4 is 10.1 Å². The van der Waals surface area contributed by atoms with Crippen molar-refractivity contribution in [3.63, 3.8) is 0 Å². The van der Waals surface area contributed by atoms with E-state index >= 15 is 0 Å². The van der Waals surface area contributed by atoms with Crippen molar-refractivity contribution in [1.82, 2.24) is 4.90 Å². The molecule has 1 rings (SSSR count). The van der Waals surface area contributed by atoms with E-state index in [-0.39, 0.29) is 6.10 Å². The Morgan fingerprint density at radius 2 is 1.95 bits per heavy atom. The fourth-order valence-electron chi connectivity index (χ4n) is 1.19. The molecule has 6 nitrogen and oxygen atoms in total. The number of rotatable bonds is 3. The first-order chi connectivity index (χ1) is 8.88. The molecule has 0 aliphatic rings. The summed E-state index contributed by atoms with van der Waals surface area (Å²) in [5, 5.41) is 2.55. The Labute approximate surface area is 112 Å². The molecule has 2 amide bonds. The zero-order valence-corrected chi connectivity index (χ0v) is 11.5. The van der Waals surface area contributed by atoms with Crippen molar-refractivity contribution in [2.45, 2.75) is 20.0 Å². The van der Waals surface area contributed by atoms with Crippen molar-refractivity contribution in [2.75, 3.05) is 19.4 Å². The minimum absolute atomic E-state index is 0.199. The Morgan fingerprint density at radius 3 is 2.53 bits per heavy atom. The van der Waals surface area contributed by atoms with Gasteiger partial charge in [0.05, 0.1) is 6.10 Å². The predicted octanol–water partition coefficient (Wildman–Crippen LogP) is 2.70. The van der Waals surface area contributed by atoms with Crippen LogP contribution in [0.25, 0.3) is 0 Å². The van der Waals surface area contributed by atoms with Crippen LogP contribution in [0.4, 0.5) is 15.3 Å². The summed E-state index contributed by atoms with van der Waals surface area (Å²) in [7, 11) is 3.18. The van der Waals surface area contributed by atoms with Crippen LogP contribution in [0.2, 0.25) is 0 Å². The Morgan fingerprint density at radius 1 is 1.26 bits per heavy atom. The number of carbonyl (C=O) groups excluding carboxylic acids is 2. The van der Waals surface area contributed by atoms with E-state index in [4.69, 9.17) is 9.47 Å². The van der Waals surface area contributed by atoms with Crippen LogP contribution in [0.15, 0.2) is 24.3 Å². The van der Waals surface area contributed by atoms with Gasteiger partial charge < -0.3 is 14.4 Å². The number of benzene rings is 1. The summed E-state index contributed by atoms with van der Waals surface area (Å²) in [5.41, 5.74) is 0.495. The molecule has 1 aromatic rings. The first kappa shape index (κ1) is 14.8. The van der Waals surface area contributed by atoms with E-state index in [1.54, 1.807) is 52.2 Å². The molecule has 0 aliphatic carbocycles. The fourth-order valence-corrected chi connectivity index (χ4v) is 1.19. The average Bonchev–Trinajstić information content (AvgIpc) is 2.27. The largest absolute Gasteiger partial charge is 0.447 e. The zero-order valence-electron chi connectivity index (χ0n) is 11.5. The van der Waals surface area contributed by atoms with Crippen molar-refractivity contribution in [1.29, 1.82) is 0 Å². The summed E-state index contributed by atoms with van der Waals surface area (Å²) in [4.78, 5) is 24.1. The Balaban J connectivity index is 2.67. The number of ether oxygens (including phenoxy) is 2. The maximum atomic E-state index is 11.4. The molecule has 0 saturated heterocycles. The molecule has 0 bridgehead atoms. The van der Waals surface area contributed by atoms with Gasteiger partial charge in [0.15, 0.2) is 0 Å². The van der Waals surface area contributed by atoms with Gasteiger partial charge in [-0.05, 0) is 26.0 Å². The van der Waals surface area contributed by atoms with E-state index in [9.17, 15) is 9.59 Å². The van der Waals surface area contributed by atoms with Crippen molar-refractivity contribution >= 4 is 17.9 Å². The van der Waals surface area contributed by atoms with Gasteiger partial charge >= 0.3 is 12.2 Å². The minimum Gasteiger partial charge on any atom is -0.447 e. The summed E-state index contributed by atoms with van der Waals surface area (Å²) < 4.78 is 10.0. The molecule has 0 unspecified atom stereocenters. The van der Waals surface area contributed by atoms with Gasteiger partial charge in [0.2, 0.25) is 0 Å². The van der Waals surface area contributed by atoms with Gasteiger partial charge in [-0.2, -0.15) is 0 Å². The molecule has 0 saturated carbocycles. The van der Waals surface area contributed by atoms with Crippen LogP contribution in [-0.4, -0.2) is 37.3 Å². The molecule has 6 heteroatoms. The maximum absolute atomic E-state index is 11.4. The zero-order chi connectivity index (χ0) is 14.4. The average molecular weight is 266 g/mol. The van der Waals surface area contributed by atoms with Gasteiger partial charge in [-0.15, -0.1) is 0 Å². The Bertz CT molecular complexity index is 458. The van der Waals surface area contributed by atoms with Crippen molar-refractivity contribution in [2.24, 2.45) is 0 Å². The van der Waals surface area contributed by atoms with Gasteiger partial charge in [0, 0.05) is 25.8 Å². The van der Waals surface area contributed by atoms with Crippen molar-refractivity contribution in [3.05, 3.63) is 24.3 Å². The van der Waals surface area contributed by atoms with Gasteiger partial charge in [-0.3, -0.25) is 5.32 Å². The molecule has 1 N–H and O–H groups in total. The first-order valence-corrected chi connectivity index (χ1v) is 5.85. The molecule has 0 spiro atoms. The smallest absolute Gasteiger partial charge is 0.414 e. The normalized spacial score (nSPS) is 9.95. The molecule has 0 radical (unpaired) electrons. The summed E-state index contributed by atoms with van der Waals surface area (Å²) in [6.07, 6.45) is -1.23. The second-order valence-electron chi connectivity index (χ2n) is 4.37. The Hall–Kier alpha value is -2.24. The van der Waals surface area contributed by atoms with Crippen LogP contribution >= 0.6 is 0 Å². The van der Waals surface area contributed by atoms with Crippen LogP contribution in [0.3, 0.4) is 0 Å². The van der Waals surface area contributed by atoms with Crippen molar-refractivity contribution < 1.29 is 19.1 Å². The summed E-state index contributed by atoms with van der Waals surface area (Å²) in [6.45, 7) is 3.52. The lowest BCUT2D eigenvalue weighted by Gasteiger charge is -2.12. The lowest BCUT2D eigenvalue weighted by Crippen LogP contribution is -2.25. The standard InChI is InChI=1S/C13H18N2O4/c1-9(2)18-12(16)14-10-6-5-7-11(8-10)19-13(17)15(3)4/h5-9H,1-4H3,(H,14,16). The molecule has 1 aromatic carbocycles. The van der Waals surface area contributed by atoms with Crippen LogP contribution in [0.5, 0.6) is 5.75 Å².